The van der Waals surface area contributed by atoms with Gasteiger partial charge in [0.05, 0.1) is 5.71 Å². The Morgan fingerprint density at radius 3 is 2.73 bits per heavy atom. The Bertz CT molecular complexity index is 159. The molecule has 0 saturated heterocycles. The Morgan fingerprint density at radius 1 is 1.55 bits per heavy atom. The van der Waals surface area contributed by atoms with Crippen LogP contribution in [-0.4, -0.2) is 12.2 Å². The maximum atomic E-state index is 9.79. The van der Waals surface area contributed by atoms with E-state index < -0.39 is 0 Å². The highest BCUT2D eigenvalue weighted by Gasteiger charge is 2.17. The molecule has 62 valence electrons. The van der Waals surface area contributed by atoms with Crippen molar-refractivity contribution in [2.45, 2.75) is 32.6 Å². The van der Waals surface area contributed by atoms with E-state index >= 15 is 0 Å². The molecular formula is C8H13NO2. The molecule has 11 heavy (non-hydrogen) atoms. The molecule has 3 heteroatoms. The van der Waals surface area contributed by atoms with Gasteiger partial charge in [-0.25, -0.2) is 0 Å². The minimum absolute atomic E-state index is 0.360. The van der Waals surface area contributed by atoms with Crippen molar-refractivity contribution < 1.29 is 9.63 Å². The van der Waals surface area contributed by atoms with Gasteiger partial charge in [-0.15, -0.1) is 0 Å². The SMILES string of the molecule is C/C(=N/OC=O)C1CCCC1. The largest absolute Gasteiger partial charge is 0.323 e. The molecule has 1 aliphatic carbocycles. The molecular weight excluding hydrogens is 142 g/mol. The lowest BCUT2D eigenvalue weighted by molar-refractivity contribution is -0.128. The lowest BCUT2D eigenvalue weighted by atomic mass is 10.0. The Hall–Kier alpha value is -0.860. The second-order valence-electron chi connectivity index (χ2n) is 2.92. The zero-order valence-electron chi connectivity index (χ0n) is 6.75. The normalized spacial score (nSPS) is 20.3. The summed E-state index contributed by atoms with van der Waals surface area (Å²) in [5.74, 6) is 0.551. The van der Waals surface area contributed by atoms with E-state index in [0.29, 0.717) is 12.4 Å². The minimum Gasteiger partial charge on any atom is -0.322 e. The average Bonchev–Trinajstić information content (AvgIpc) is 2.52. The smallest absolute Gasteiger partial charge is 0.322 e. The van der Waals surface area contributed by atoms with E-state index in [1.54, 1.807) is 0 Å². The highest BCUT2D eigenvalue weighted by Crippen LogP contribution is 2.25. The third-order valence-electron chi connectivity index (χ3n) is 2.19. The molecule has 0 radical (unpaired) electrons. The van der Waals surface area contributed by atoms with Gasteiger partial charge in [0.15, 0.2) is 0 Å². The number of hydrogen-bond acceptors (Lipinski definition) is 3. The van der Waals surface area contributed by atoms with Gasteiger partial charge in [0.1, 0.15) is 0 Å². The van der Waals surface area contributed by atoms with Crippen LogP contribution in [0, 0.1) is 5.92 Å². The zero-order valence-corrected chi connectivity index (χ0v) is 6.75. The number of rotatable bonds is 3. The average molecular weight is 155 g/mol. The summed E-state index contributed by atoms with van der Waals surface area (Å²) in [6, 6.07) is 0. The van der Waals surface area contributed by atoms with E-state index in [1.807, 2.05) is 6.92 Å². The summed E-state index contributed by atoms with van der Waals surface area (Å²) >= 11 is 0. The van der Waals surface area contributed by atoms with Gasteiger partial charge in [-0.3, -0.25) is 4.79 Å². The molecule has 3 nitrogen and oxygen atoms in total. The van der Waals surface area contributed by atoms with Crippen LogP contribution >= 0.6 is 0 Å². The van der Waals surface area contributed by atoms with Gasteiger partial charge in [-0.2, -0.15) is 0 Å². The van der Waals surface area contributed by atoms with Crippen LogP contribution in [0.1, 0.15) is 32.6 Å². The number of carbonyl (C=O) groups is 1. The lowest BCUT2D eigenvalue weighted by Gasteiger charge is -2.05. The molecule has 0 aromatic carbocycles. The summed E-state index contributed by atoms with van der Waals surface area (Å²) in [4.78, 5) is 14.1. The standard InChI is InChI=1S/C8H13NO2/c1-7(9-11-6-10)8-4-2-3-5-8/h6,8H,2-5H2,1H3/b9-7-. The molecule has 1 rings (SSSR count). The topological polar surface area (TPSA) is 38.7 Å². The first-order valence-corrected chi connectivity index (χ1v) is 3.98. The van der Waals surface area contributed by atoms with Crippen molar-refractivity contribution in [2.75, 3.05) is 0 Å². The summed E-state index contributed by atoms with van der Waals surface area (Å²) in [7, 11) is 0. The first kappa shape index (κ1) is 8.24. The van der Waals surface area contributed by atoms with Gasteiger partial charge < -0.3 is 4.84 Å². The fourth-order valence-corrected chi connectivity index (χ4v) is 1.52. The fourth-order valence-electron chi connectivity index (χ4n) is 1.52. The van der Waals surface area contributed by atoms with Crippen LogP contribution in [0.4, 0.5) is 0 Å². The summed E-state index contributed by atoms with van der Waals surface area (Å²) in [6.45, 7) is 2.28. The molecule has 1 saturated carbocycles. The number of carbonyl (C=O) groups excluding carboxylic acids is 1. The van der Waals surface area contributed by atoms with Crippen molar-refractivity contribution in [3.05, 3.63) is 0 Å². The number of hydrogen-bond donors (Lipinski definition) is 0. The Balaban J connectivity index is 2.38. The van der Waals surface area contributed by atoms with Gasteiger partial charge >= 0.3 is 6.47 Å². The number of oxime groups is 1. The van der Waals surface area contributed by atoms with E-state index in [0.717, 1.165) is 5.71 Å². The summed E-state index contributed by atoms with van der Waals surface area (Å²) < 4.78 is 0. The van der Waals surface area contributed by atoms with Crippen LogP contribution in [0.15, 0.2) is 5.16 Å². The predicted octanol–water partition coefficient (Wildman–Crippen LogP) is 1.73. The van der Waals surface area contributed by atoms with E-state index in [4.69, 9.17) is 0 Å². The van der Waals surface area contributed by atoms with Crippen LogP contribution in [0.25, 0.3) is 0 Å². The Labute approximate surface area is 66.4 Å². The second kappa shape index (κ2) is 4.11. The third kappa shape index (κ3) is 2.33. The van der Waals surface area contributed by atoms with Crippen LogP contribution in [0.2, 0.25) is 0 Å². The Kier molecular flexibility index (Phi) is 3.08. The zero-order chi connectivity index (χ0) is 8.10. The van der Waals surface area contributed by atoms with Crippen molar-refractivity contribution in [3.63, 3.8) is 0 Å². The molecule has 0 aromatic heterocycles. The van der Waals surface area contributed by atoms with E-state index in [-0.39, 0.29) is 0 Å². The van der Waals surface area contributed by atoms with Crippen LogP contribution in [0.3, 0.4) is 0 Å². The first-order valence-electron chi connectivity index (χ1n) is 3.98. The quantitative estimate of drug-likeness (QED) is 0.269. The van der Waals surface area contributed by atoms with Gasteiger partial charge in [0.25, 0.3) is 0 Å². The van der Waals surface area contributed by atoms with Gasteiger partial charge in [0, 0.05) is 5.92 Å². The highest BCUT2D eigenvalue weighted by atomic mass is 16.7. The third-order valence-corrected chi connectivity index (χ3v) is 2.19. The van der Waals surface area contributed by atoms with Crippen molar-refractivity contribution in [3.8, 4) is 0 Å². The van der Waals surface area contributed by atoms with E-state index in [9.17, 15) is 4.79 Å². The molecule has 0 heterocycles. The van der Waals surface area contributed by atoms with Gasteiger partial charge in [0.2, 0.25) is 0 Å². The van der Waals surface area contributed by atoms with Gasteiger partial charge in [-0.05, 0) is 19.8 Å². The van der Waals surface area contributed by atoms with Crippen LogP contribution < -0.4 is 0 Å². The summed E-state index contributed by atoms with van der Waals surface area (Å²) in [6.07, 6.45) is 4.94. The number of nitrogens with zero attached hydrogens (tertiary/aromatic N) is 1. The Morgan fingerprint density at radius 2 is 2.18 bits per heavy atom. The van der Waals surface area contributed by atoms with E-state index in [2.05, 4.69) is 9.99 Å². The maximum Gasteiger partial charge on any atom is 0.323 e. The minimum atomic E-state index is 0.360. The molecule has 0 atom stereocenters. The molecule has 0 aromatic rings. The maximum absolute atomic E-state index is 9.79. The fraction of sp³-hybridized carbons (Fsp3) is 0.750. The van der Waals surface area contributed by atoms with E-state index in [1.165, 1.54) is 25.7 Å². The van der Waals surface area contributed by atoms with Gasteiger partial charge in [-0.1, -0.05) is 18.0 Å². The van der Waals surface area contributed by atoms with Crippen molar-refractivity contribution in [1.29, 1.82) is 0 Å². The molecule has 1 fully saturated rings. The molecule has 0 bridgehead atoms. The molecule has 0 amide bonds. The predicted molar refractivity (Wildman–Crippen MR) is 42.2 cm³/mol. The second-order valence-corrected chi connectivity index (χ2v) is 2.92. The molecule has 1 aliphatic rings. The van der Waals surface area contributed by atoms with Crippen molar-refractivity contribution >= 4 is 12.2 Å². The first-order chi connectivity index (χ1) is 5.34. The summed E-state index contributed by atoms with van der Waals surface area (Å²) in [5.41, 5.74) is 0.953. The van der Waals surface area contributed by atoms with Crippen molar-refractivity contribution in [1.82, 2.24) is 0 Å². The van der Waals surface area contributed by atoms with Crippen LogP contribution in [-0.2, 0) is 9.63 Å². The highest BCUT2D eigenvalue weighted by molar-refractivity contribution is 5.84. The lowest BCUT2D eigenvalue weighted by Crippen LogP contribution is -2.06. The molecule has 0 unspecified atom stereocenters. The molecule has 0 aliphatic heterocycles. The molecule has 0 N–H and O–H groups in total. The molecule has 0 spiro atoms. The van der Waals surface area contributed by atoms with Crippen LogP contribution in [0.5, 0.6) is 0 Å². The monoisotopic (exact) mass is 155 g/mol. The van der Waals surface area contributed by atoms with Crippen molar-refractivity contribution in [2.24, 2.45) is 11.1 Å². The summed E-state index contributed by atoms with van der Waals surface area (Å²) in [5, 5.41) is 3.67.